The molecule has 0 aliphatic carbocycles. The van der Waals surface area contributed by atoms with Gasteiger partial charge < -0.3 is 9.88 Å². The van der Waals surface area contributed by atoms with Crippen LogP contribution in [0.3, 0.4) is 0 Å². The summed E-state index contributed by atoms with van der Waals surface area (Å²) >= 11 is 0. The van der Waals surface area contributed by atoms with E-state index >= 15 is 0 Å². The zero-order valence-corrected chi connectivity index (χ0v) is 12.3. The lowest BCUT2D eigenvalue weighted by atomic mass is 9.92. The van der Waals surface area contributed by atoms with E-state index in [1.165, 1.54) is 11.9 Å². The largest absolute Gasteiger partial charge is 0.331 e. The number of nitrogens with one attached hydrogen (secondary N) is 1. The molecule has 19 heavy (non-hydrogen) atoms. The van der Waals surface area contributed by atoms with Crippen molar-refractivity contribution in [3.8, 4) is 0 Å². The van der Waals surface area contributed by atoms with Gasteiger partial charge in [0.15, 0.2) is 0 Å². The molecule has 104 valence electrons. The Hall–Kier alpha value is -1.35. The van der Waals surface area contributed by atoms with Crippen LogP contribution in [0.25, 0.3) is 11.0 Å². The Morgan fingerprint density at radius 2 is 1.95 bits per heavy atom. The lowest BCUT2D eigenvalue weighted by molar-refractivity contribution is 0.366. The molecular formula is C16H25N3. The van der Waals surface area contributed by atoms with Gasteiger partial charge in [0, 0.05) is 6.54 Å². The molecule has 1 N–H and O–H groups in total. The van der Waals surface area contributed by atoms with Crippen molar-refractivity contribution in [2.24, 2.45) is 5.41 Å². The number of nitrogens with zero attached hydrogens (tertiary/aromatic N) is 2. The van der Waals surface area contributed by atoms with E-state index in [0.717, 1.165) is 31.6 Å². The van der Waals surface area contributed by atoms with Crippen molar-refractivity contribution >= 4 is 11.0 Å². The fourth-order valence-electron chi connectivity index (χ4n) is 2.15. The van der Waals surface area contributed by atoms with Crippen molar-refractivity contribution in [3.05, 3.63) is 30.6 Å². The van der Waals surface area contributed by atoms with Gasteiger partial charge in [0.05, 0.1) is 17.4 Å². The first-order valence-corrected chi connectivity index (χ1v) is 7.17. The quantitative estimate of drug-likeness (QED) is 0.805. The molecule has 0 fully saturated rings. The monoisotopic (exact) mass is 259 g/mol. The number of para-hydroxylation sites is 2. The van der Waals surface area contributed by atoms with E-state index in [-0.39, 0.29) is 0 Å². The molecule has 0 saturated heterocycles. The highest BCUT2D eigenvalue weighted by Gasteiger charge is 2.08. The molecular weight excluding hydrogens is 234 g/mol. The van der Waals surface area contributed by atoms with Crippen LogP contribution in [0, 0.1) is 5.41 Å². The molecule has 0 spiro atoms. The normalized spacial score (nSPS) is 12.2. The highest BCUT2D eigenvalue weighted by Crippen LogP contribution is 2.17. The van der Waals surface area contributed by atoms with Gasteiger partial charge in [-0.2, -0.15) is 0 Å². The van der Waals surface area contributed by atoms with Crippen LogP contribution in [-0.4, -0.2) is 22.6 Å². The molecule has 0 radical (unpaired) electrons. The number of benzene rings is 1. The zero-order chi connectivity index (χ0) is 13.7. The molecule has 1 heterocycles. The van der Waals surface area contributed by atoms with Gasteiger partial charge in [-0.25, -0.2) is 4.98 Å². The van der Waals surface area contributed by atoms with Crippen LogP contribution in [0.4, 0.5) is 0 Å². The van der Waals surface area contributed by atoms with Gasteiger partial charge in [-0.05, 0) is 43.5 Å². The number of imidazole rings is 1. The Morgan fingerprint density at radius 1 is 1.16 bits per heavy atom. The fourth-order valence-corrected chi connectivity index (χ4v) is 2.15. The fraction of sp³-hybridized carbons (Fsp3) is 0.562. The van der Waals surface area contributed by atoms with Crippen LogP contribution in [0.5, 0.6) is 0 Å². The summed E-state index contributed by atoms with van der Waals surface area (Å²) in [5.41, 5.74) is 2.74. The summed E-state index contributed by atoms with van der Waals surface area (Å²) < 4.78 is 2.24. The maximum absolute atomic E-state index is 4.41. The highest BCUT2D eigenvalue weighted by molar-refractivity contribution is 5.74. The lowest BCUT2D eigenvalue weighted by Gasteiger charge is -2.18. The van der Waals surface area contributed by atoms with Crippen molar-refractivity contribution < 1.29 is 0 Å². The van der Waals surface area contributed by atoms with Gasteiger partial charge in [0.1, 0.15) is 0 Å². The minimum absolute atomic E-state index is 0.424. The standard InChI is InChI=1S/C16H25N3/c1-16(2,3)9-11-17-10-6-12-19-13-18-14-7-4-5-8-15(14)19/h4-5,7-8,13,17H,6,9-12H2,1-3H3. The summed E-state index contributed by atoms with van der Waals surface area (Å²) in [7, 11) is 0. The third-order valence-electron chi connectivity index (χ3n) is 3.33. The molecule has 0 amide bonds. The first-order chi connectivity index (χ1) is 9.06. The number of hydrogen-bond acceptors (Lipinski definition) is 2. The van der Waals surface area contributed by atoms with Crippen molar-refractivity contribution in [2.45, 2.75) is 40.2 Å². The molecule has 0 bridgehead atoms. The second kappa shape index (κ2) is 6.20. The molecule has 2 aromatic rings. The Labute approximate surface area is 116 Å². The molecule has 0 aliphatic rings. The second-order valence-electron chi connectivity index (χ2n) is 6.34. The van der Waals surface area contributed by atoms with E-state index in [0.29, 0.717) is 5.41 Å². The Balaban J connectivity index is 1.71. The molecule has 0 unspecified atom stereocenters. The average Bonchev–Trinajstić information content (AvgIpc) is 2.76. The summed E-state index contributed by atoms with van der Waals surface area (Å²) in [5, 5.41) is 3.52. The number of aryl methyl sites for hydroxylation is 1. The average molecular weight is 259 g/mol. The second-order valence-corrected chi connectivity index (χ2v) is 6.34. The summed E-state index contributed by atoms with van der Waals surface area (Å²) in [6.45, 7) is 10.1. The van der Waals surface area contributed by atoms with E-state index in [2.05, 4.69) is 53.8 Å². The van der Waals surface area contributed by atoms with Crippen LogP contribution in [-0.2, 0) is 6.54 Å². The van der Waals surface area contributed by atoms with Crippen LogP contribution in [0.1, 0.15) is 33.6 Å². The van der Waals surface area contributed by atoms with E-state index in [1.54, 1.807) is 0 Å². The third-order valence-corrected chi connectivity index (χ3v) is 3.33. The minimum Gasteiger partial charge on any atom is -0.331 e. The highest BCUT2D eigenvalue weighted by atomic mass is 15.0. The smallest absolute Gasteiger partial charge is 0.0958 e. The van der Waals surface area contributed by atoms with Crippen molar-refractivity contribution in [1.29, 1.82) is 0 Å². The predicted octanol–water partition coefficient (Wildman–Crippen LogP) is 3.45. The van der Waals surface area contributed by atoms with Crippen molar-refractivity contribution in [3.63, 3.8) is 0 Å². The number of fused-ring (bicyclic) bond motifs is 1. The minimum atomic E-state index is 0.424. The van der Waals surface area contributed by atoms with Gasteiger partial charge >= 0.3 is 0 Å². The van der Waals surface area contributed by atoms with E-state index in [9.17, 15) is 0 Å². The summed E-state index contributed by atoms with van der Waals surface area (Å²) in [6, 6.07) is 8.30. The SMILES string of the molecule is CC(C)(C)CCNCCCn1cnc2ccccc21. The van der Waals surface area contributed by atoms with E-state index < -0.39 is 0 Å². The van der Waals surface area contributed by atoms with E-state index in [4.69, 9.17) is 0 Å². The van der Waals surface area contributed by atoms with Gasteiger partial charge in [-0.1, -0.05) is 32.9 Å². The van der Waals surface area contributed by atoms with E-state index in [1.807, 2.05) is 12.4 Å². The number of hydrogen-bond donors (Lipinski definition) is 1. The van der Waals surface area contributed by atoms with Gasteiger partial charge in [0.25, 0.3) is 0 Å². The maximum atomic E-state index is 4.41. The molecule has 3 heteroatoms. The Morgan fingerprint density at radius 3 is 2.74 bits per heavy atom. The topological polar surface area (TPSA) is 29.9 Å². The zero-order valence-electron chi connectivity index (χ0n) is 12.3. The van der Waals surface area contributed by atoms with Crippen LogP contribution < -0.4 is 5.32 Å². The van der Waals surface area contributed by atoms with Crippen molar-refractivity contribution in [2.75, 3.05) is 13.1 Å². The number of aromatic nitrogens is 2. The molecule has 0 aliphatic heterocycles. The molecule has 2 rings (SSSR count). The predicted molar refractivity (Wildman–Crippen MR) is 81.3 cm³/mol. The lowest BCUT2D eigenvalue weighted by Crippen LogP contribution is -2.22. The molecule has 1 aromatic carbocycles. The Kier molecular flexibility index (Phi) is 4.59. The summed E-state index contributed by atoms with van der Waals surface area (Å²) in [4.78, 5) is 4.41. The summed E-state index contributed by atoms with van der Waals surface area (Å²) in [6.07, 6.45) is 4.31. The third kappa shape index (κ3) is 4.35. The van der Waals surface area contributed by atoms with Crippen LogP contribution >= 0.6 is 0 Å². The molecule has 0 atom stereocenters. The van der Waals surface area contributed by atoms with Gasteiger partial charge in [-0.15, -0.1) is 0 Å². The summed E-state index contributed by atoms with van der Waals surface area (Å²) in [5.74, 6) is 0. The molecule has 1 aromatic heterocycles. The van der Waals surface area contributed by atoms with Gasteiger partial charge in [0.2, 0.25) is 0 Å². The Bertz CT molecular complexity index is 508. The molecule has 0 saturated carbocycles. The van der Waals surface area contributed by atoms with Crippen molar-refractivity contribution in [1.82, 2.24) is 14.9 Å². The first-order valence-electron chi connectivity index (χ1n) is 7.17. The molecule has 3 nitrogen and oxygen atoms in total. The number of rotatable bonds is 6. The van der Waals surface area contributed by atoms with Crippen LogP contribution in [0.2, 0.25) is 0 Å². The maximum Gasteiger partial charge on any atom is 0.0958 e. The van der Waals surface area contributed by atoms with Gasteiger partial charge in [-0.3, -0.25) is 0 Å². The first kappa shape index (κ1) is 14.1. The van der Waals surface area contributed by atoms with Crippen LogP contribution in [0.15, 0.2) is 30.6 Å².